The van der Waals surface area contributed by atoms with Crippen LogP contribution in [0.3, 0.4) is 0 Å². The Balaban J connectivity index is 2.63. The average Bonchev–Trinajstić information content (AvgIpc) is 2.46. The molecule has 2 rings (SSSR count). The molecule has 0 heterocycles. The Bertz CT molecular complexity index is 598. The molecule has 0 spiro atoms. The van der Waals surface area contributed by atoms with Crippen molar-refractivity contribution >= 4 is 0 Å². The smallest absolute Gasteiger partial charge is 0.194 e. The number of halogens is 3. The van der Waals surface area contributed by atoms with Gasteiger partial charge in [0.05, 0.1) is 0 Å². The molecule has 2 aromatic carbocycles. The molecule has 1 N–H and O–H groups in total. The van der Waals surface area contributed by atoms with Crippen molar-refractivity contribution in [2.75, 3.05) is 0 Å². The SMILES string of the molecule is CCCC(O)(c1ccccc1)c1ccc(F)c(F)c1F. The Morgan fingerprint density at radius 1 is 0.950 bits per heavy atom. The van der Waals surface area contributed by atoms with Gasteiger partial charge in [-0.05, 0) is 24.1 Å². The van der Waals surface area contributed by atoms with Crippen molar-refractivity contribution in [1.29, 1.82) is 0 Å². The molecule has 0 amide bonds. The van der Waals surface area contributed by atoms with Gasteiger partial charge in [0.25, 0.3) is 0 Å². The van der Waals surface area contributed by atoms with Gasteiger partial charge in [-0.1, -0.05) is 43.7 Å². The molecule has 1 nitrogen and oxygen atoms in total. The number of benzene rings is 2. The van der Waals surface area contributed by atoms with Crippen molar-refractivity contribution in [3.05, 3.63) is 71.0 Å². The number of rotatable bonds is 4. The summed E-state index contributed by atoms with van der Waals surface area (Å²) in [6, 6.07) is 10.4. The molecule has 0 aliphatic rings. The standard InChI is InChI=1S/C16H15F3O/c1-2-10-16(20,11-6-4-3-5-7-11)12-8-9-13(17)15(19)14(12)18/h3-9,20H,2,10H2,1H3. The Morgan fingerprint density at radius 2 is 1.60 bits per heavy atom. The Labute approximate surface area is 115 Å². The van der Waals surface area contributed by atoms with E-state index in [1.54, 1.807) is 30.3 Å². The van der Waals surface area contributed by atoms with Crippen molar-refractivity contribution < 1.29 is 18.3 Å². The van der Waals surface area contributed by atoms with Crippen LogP contribution in [0.5, 0.6) is 0 Å². The van der Waals surface area contributed by atoms with Crippen LogP contribution in [-0.2, 0) is 5.60 Å². The topological polar surface area (TPSA) is 20.2 Å². The summed E-state index contributed by atoms with van der Waals surface area (Å²) in [6.45, 7) is 1.83. The lowest BCUT2D eigenvalue weighted by Gasteiger charge is -2.29. The largest absolute Gasteiger partial charge is 0.380 e. The lowest BCUT2D eigenvalue weighted by Crippen LogP contribution is -2.29. The van der Waals surface area contributed by atoms with Gasteiger partial charge in [0.15, 0.2) is 17.5 Å². The predicted molar refractivity (Wildman–Crippen MR) is 70.7 cm³/mol. The molecule has 20 heavy (non-hydrogen) atoms. The quantitative estimate of drug-likeness (QED) is 0.834. The first-order valence-electron chi connectivity index (χ1n) is 6.42. The zero-order chi connectivity index (χ0) is 14.8. The van der Waals surface area contributed by atoms with Crippen LogP contribution >= 0.6 is 0 Å². The summed E-state index contributed by atoms with van der Waals surface area (Å²) in [5, 5.41) is 10.8. The van der Waals surface area contributed by atoms with E-state index in [4.69, 9.17) is 0 Å². The van der Waals surface area contributed by atoms with Gasteiger partial charge in [-0.15, -0.1) is 0 Å². The molecule has 106 valence electrons. The lowest BCUT2D eigenvalue weighted by molar-refractivity contribution is 0.0653. The van der Waals surface area contributed by atoms with Gasteiger partial charge >= 0.3 is 0 Å². The first-order chi connectivity index (χ1) is 9.50. The molecule has 0 aromatic heterocycles. The van der Waals surface area contributed by atoms with Crippen LogP contribution in [0.2, 0.25) is 0 Å². The molecular formula is C16H15F3O. The van der Waals surface area contributed by atoms with Crippen molar-refractivity contribution in [3.8, 4) is 0 Å². The minimum Gasteiger partial charge on any atom is -0.380 e. The van der Waals surface area contributed by atoms with Crippen LogP contribution in [0.25, 0.3) is 0 Å². The Hall–Kier alpha value is -1.81. The van der Waals surface area contributed by atoms with E-state index in [2.05, 4.69) is 0 Å². The van der Waals surface area contributed by atoms with Gasteiger partial charge in [0, 0.05) is 5.56 Å². The second kappa shape index (κ2) is 5.67. The average molecular weight is 280 g/mol. The Morgan fingerprint density at radius 3 is 2.20 bits per heavy atom. The third-order valence-electron chi connectivity index (χ3n) is 3.34. The van der Waals surface area contributed by atoms with Crippen LogP contribution in [0.15, 0.2) is 42.5 Å². The third kappa shape index (κ3) is 2.43. The molecule has 4 heteroatoms. The van der Waals surface area contributed by atoms with Gasteiger partial charge < -0.3 is 5.11 Å². The molecule has 1 atom stereocenters. The first-order valence-corrected chi connectivity index (χ1v) is 6.42. The van der Waals surface area contributed by atoms with Gasteiger partial charge in [-0.2, -0.15) is 0 Å². The normalized spacial score (nSPS) is 14.1. The summed E-state index contributed by atoms with van der Waals surface area (Å²) < 4.78 is 40.4. The molecule has 0 aliphatic heterocycles. The van der Waals surface area contributed by atoms with Gasteiger partial charge in [0.2, 0.25) is 0 Å². The van der Waals surface area contributed by atoms with E-state index in [1.807, 2.05) is 6.92 Å². The second-order valence-corrected chi connectivity index (χ2v) is 4.70. The first kappa shape index (κ1) is 14.6. The van der Waals surface area contributed by atoms with Crippen LogP contribution in [0, 0.1) is 17.5 Å². The maximum Gasteiger partial charge on any atom is 0.194 e. The van der Waals surface area contributed by atoms with Crippen LogP contribution in [0.1, 0.15) is 30.9 Å². The highest BCUT2D eigenvalue weighted by atomic mass is 19.2. The summed E-state index contributed by atoms with van der Waals surface area (Å²) in [5.41, 5.74) is -1.47. The molecule has 0 fully saturated rings. The van der Waals surface area contributed by atoms with E-state index in [-0.39, 0.29) is 12.0 Å². The minimum atomic E-state index is -1.67. The van der Waals surface area contributed by atoms with E-state index in [1.165, 1.54) is 0 Å². The predicted octanol–water partition coefficient (Wildman–Crippen LogP) is 4.14. The zero-order valence-corrected chi connectivity index (χ0v) is 11.0. The zero-order valence-electron chi connectivity index (χ0n) is 11.0. The van der Waals surface area contributed by atoms with Crippen molar-refractivity contribution in [1.82, 2.24) is 0 Å². The molecule has 0 saturated carbocycles. The molecule has 2 aromatic rings. The fraction of sp³-hybridized carbons (Fsp3) is 0.250. The summed E-state index contributed by atoms with van der Waals surface area (Å²) >= 11 is 0. The highest BCUT2D eigenvalue weighted by Gasteiger charge is 2.34. The van der Waals surface area contributed by atoms with Crippen molar-refractivity contribution in [3.63, 3.8) is 0 Å². The highest BCUT2D eigenvalue weighted by Crippen LogP contribution is 2.36. The van der Waals surface area contributed by atoms with E-state index in [0.717, 1.165) is 12.1 Å². The van der Waals surface area contributed by atoms with Crippen LogP contribution in [0.4, 0.5) is 13.2 Å². The Kier molecular flexibility index (Phi) is 4.14. The summed E-state index contributed by atoms with van der Waals surface area (Å²) in [7, 11) is 0. The molecule has 1 unspecified atom stereocenters. The van der Waals surface area contributed by atoms with Crippen LogP contribution < -0.4 is 0 Å². The van der Waals surface area contributed by atoms with E-state index in [0.29, 0.717) is 12.0 Å². The second-order valence-electron chi connectivity index (χ2n) is 4.70. The lowest BCUT2D eigenvalue weighted by atomic mass is 9.82. The van der Waals surface area contributed by atoms with Gasteiger partial charge in [-0.25, -0.2) is 13.2 Å². The van der Waals surface area contributed by atoms with Gasteiger partial charge in [-0.3, -0.25) is 0 Å². The maximum absolute atomic E-state index is 14.0. The molecule has 0 radical (unpaired) electrons. The highest BCUT2D eigenvalue weighted by molar-refractivity contribution is 5.37. The maximum atomic E-state index is 14.0. The molecule has 0 saturated heterocycles. The van der Waals surface area contributed by atoms with Crippen LogP contribution in [-0.4, -0.2) is 5.11 Å². The summed E-state index contributed by atoms with van der Waals surface area (Å²) in [5.74, 6) is -4.17. The monoisotopic (exact) mass is 280 g/mol. The van der Waals surface area contributed by atoms with Crippen molar-refractivity contribution in [2.24, 2.45) is 0 Å². The summed E-state index contributed by atoms with van der Waals surface area (Å²) in [4.78, 5) is 0. The van der Waals surface area contributed by atoms with E-state index >= 15 is 0 Å². The number of hydrogen-bond donors (Lipinski definition) is 1. The molecule has 0 bridgehead atoms. The molecule has 0 aliphatic carbocycles. The fourth-order valence-electron chi connectivity index (χ4n) is 2.36. The summed E-state index contributed by atoms with van der Waals surface area (Å²) in [6.07, 6.45) is 0.767. The number of hydrogen-bond acceptors (Lipinski definition) is 1. The van der Waals surface area contributed by atoms with Crippen molar-refractivity contribution in [2.45, 2.75) is 25.4 Å². The van der Waals surface area contributed by atoms with Gasteiger partial charge in [0.1, 0.15) is 5.60 Å². The van der Waals surface area contributed by atoms with E-state index < -0.39 is 23.1 Å². The fourth-order valence-corrected chi connectivity index (χ4v) is 2.36. The molecular weight excluding hydrogens is 265 g/mol. The third-order valence-corrected chi connectivity index (χ3v) is 3.34. The minimum absolute atomic E-state index is 0.207. The number of aliphatic hydroxyl groups is 1. The van der Waals surface area contributed by atoms with E-state index in [9.17, 15) is 18.3 Å².